The molecule has 0 saturated carbocycles. The van der Waals surface area contributed by atoms with Crippen molar-refractivity contribution in [3.8, 4) is 0 Å². The van der Waals surface area contributed by atoms with E-state index in [1.54, 1.807) is 19.1 Å². The van der Waals surface area contributed by atoms with Gasteiger partial charge in [-0.1, -0.05) is 12.5 Å². The van der Waals surface area contributed by atoms with E-state index >= 15 is 0 Å². The Labute approximate surface area is 153 Å². The molecule has 1 aliphatic rings. The molecule has 0 radical (unpaired) electrons. The SMILES string of the molecule is Cc1ccc(S(=O)(=O)N2CCCCC2)cc1NC(=O)N(C)CCC(=O)O. The molecule has 1 aliphatic heterocycles. The number of anilines is 1. The van der Waals surface area contributed by atoms with E-state index in [9.17, 15) is 18.0 Å². The Morgan fingerprint density at radius 2 is 1.88 bits per heavy atom. The Morgan fingerprint density at radius 3 is 2.50 bits per heavy atom. The highest BCUT2D eigenvalue weighted by atomic mass is 32.2. The molecule has 9 heteroatoms. The number of hydrogen-bond donors (Lipinski definition) is 2. The minimum Gasteiger partial charge on any atom is -0.481 e. The molecule has 0 aromatic heterocycles. The van der Waals surface area contributed by atoms with Crippen LogP contribution in [-0.2, 0) is 14.8 Å². The first-order valence-corrected chi connectivity index (χ1v) is 10.0. The van der Waals surface area contributed by atoms with Gasteiger partial charge in [-0.15, -0.1) is 0 Å². The third kappa shape index (κ3) is 4.95. The van der Waals surface area contributed by atoms with Crippen LogP contribution in [0.1, 0.15) is 31.2 Å². The van der Waals surface area contributed by atoms with Gasteiger partial charge in [-0.2, -0.15) is 4.31 Å². The first kappa shape index (κ1) is 20.2. The van der Waals surface area contributed by atoms with Gasteiger partial charge in [-0.3, -0.25) is 4.79 Å². The lowest BCUT2D eigenvalue weighted by atomic mass is 10.2. The smallest absolute Gasteiger partial charge is 0.321 e. The van der Waals surface area contributed by atoms with Gasteiger partial charge < -0.3 is 15.3 Å². The van der Waals surface area contributed by atoms with E-state index in [0.717, 1.165) is 24.8 Å². The maximum Gasteiger partial charge on any atom is 0.321 e. The first-order valence-electron chi connectivity index (χ1n) is 8.56. The van der Waals surface area contributed by atoms with Crippen molar-refractivity contribution < 1.29 is 23.1 Å². The fourth-order valence-corrected chi connectivity index (χ4v) is 4.27. The molecule has 1 aromatic carbocycles. The maximum absolute atomic E-state index is 12.8. The molecular formula is C17H25N3O5S. The zero-order chi connectivity index (χ0) is 19.3. The zero-order valence-electron chi connectivity index (χ0n) is 15.1. The third-order valence-corrected chi connectivity index (χ3v) is 6.31. The highest BCUT2D eigenvalue weighted by Gasteiger charge is 2.26. The number of hydrogen-bond acceptors (Lipinski definition) is 4. The van der Waals surface area contributed by atoms with Crippen LogP contribution in [0.15, 0.2) is 23.1 Å². The van der Waals surface area contributed by atoms with Crippen molar-refractivity contribution in [3.63, 3.8) is 0 Å². The number of carboxylic acids is 1. The number of rotatable bonds is 6. The molecular weight excluding hydrogens is 358 g/mol. The summed E-state index contributed by atoms with van der Waals surface area (Å²) < 4.78 is 27.0. The molecule has 144 valence electrons. The van der Waals surface area contributed by atoms with Crippen LogP contribution in [0.4, 0.5) is 10.5 Å². The second-order valence-corrected chi connectivity index (χ2v) is 8.37. The van der Waals surface area contributed by atoms with Crippen LogP contribution in [0.25, 0.3) is 0 Å². The average Bonchev–Trinajstić information content (AvgIpc) is 2.61. The maximum atomic E-state index is 12.8. The number of piperidine rings is 1. The summed E-state index contributed by atoms with van der Waals surface area (Å²) in [6.07, 6.45) is 2.57. The van der Waals surface area contributed by atoms with Crippen molar-refractivity contribution in [3.05, 3.63) is 23.8 Å². The van der Waals surface area contributed by atoms with E-state index in [0.29, 0.717) is 18.8 Å². The molecule has 1 heterocycles. The van der Waals surface area contributed by atoms with Crippen molar-refractivity contribution in [2.24, 2.45) is 0 Å². The van der Waals surface area contributed by atoms with Gasteiger partial charge in [0, 0.05) is 32.4 Å². The van der Waals surface area contributed by atoms with Gasteiger partial charge in [0.15, 0.2) is 0 Å². The minimum absolute atomic E-state index is 0.0615. The number of carbonyl (C=O) groups is 2. The van der Waals surface area contributed by atoms with Crippen molar-refractivity contribution in [2.45, 2.75) is 37.5 Å². The van der Waals surface area contributed by atoms with Crippen LogP contribution in [-0.4, -0.2) is 61.4 Å². The number of carboxylic acid groups (broad SMARTS) is 1. The van der Waals surface area contributed by atoms with Crippen LogP contribution < -0.4 is 5.32 Å². The highest BCUT2D eigenvalue weighted by molar-refractivity contribution is 7.89. The van der Waals surface area contributed by atoms with Gasteiger partial charge in [0.2, 0.25) is 10.0 Å². The summed E-state index contributed by atoms with van der Waals surface area (Å²) in [5, 5.41) is 11.4. The van der Waals surface area contributed by atoms with Gasteiger partial charge in [0.1, 0.15) is 0 Å². The molecule has 0 spiro atoms. The van der Waals surface area contributed by atoms with E-state index in [4.69, 9.17) is 5.11 Å². The monoisotopic (exact) mass is 383 g/mol. The molecule has 2 amide bonds. The molecule has 0 aliphatic carbocycles. The average molecular weight is 383 g/mol. The number of carbonyl (C=O) groups excluding carboxylic acids is 1. The normalized spacial score (nSPS) is 15.5. The quantitative estimate of drug-likeness (QED) is 0.782. The van der Waals surface area contributed by atoms with Crippen molar-refractivity contribution in [1.82, 2.24) is 9.21 Å². The topological polar surface area (TPSA) is 107 Å². The van der Waals surface area contributed by atoms with E-state index in [1.165, 1.54) is 22.3 Å². The van der Waals surface area contributed by atoms with Gasteiger partial charge in [0.25, 0.3) is 0 Å². The summed E-state index contributed by atoms with van der Waals surface area (Å²) in [6, 6.07) is 4.18. The summed E-state index contributed by atoms with van der Waals surface area (Å²) in [7, 11) is -2.10. The number of aliphatic carboxylic acids is 1. The van der Waals surface area contributed by atoms with Crippen LogP contribution in [0.3, 0.4) is 0 Å². The summed E-state index contributed by atoms with van der Waals surface area (Å²) in [4.78, 5) is 24.2. The summed E-state index contributed by atoms with van der Waals surface area (Å²) >= 11 is 0. The predicted octanol–water partition coefficient (Wildman–Crippen LogP) is 2.11. The number of nitrogens with one attached hydrogen (secondary N) is 1. The summed E-state index contributed by atoms with van der Waals surface area (Å²) in [6.45, 7) is 2.85. The first-order chi connectivity index (χ1) is 12.2. The largest absolute Gasteiger partial charge is 0.481 e. The van der Waals surface area contributed by atoms with E-state index < -0.39 is 22.0 Å². The lowest BCUT2D eigenvalue weighted by molar-refractivity contribution is -0.137. The van der Waals surface area contributed by atoms with Crippen LogP contribution in [0.2, 0.25) is 0 Å². The Hall–Kier alpha value is -2.13. The van der Waals surface area contributed by atoms with Crippen molar-refractivity contribution in [1.29, 1.82) is 0 Å². The van der Waals surface area contributed by atoms with Gasteiger partial charge in [-0.05, 0) is 37.5 Å². The Morgan fingerprint density at radius 1 is 1.23 bits per heavy atom. The predicted molar refractivity (Wildman–Crippen MR) is 97.7 cm³/mol. The summed E-state index contributed by atoms with van der Waals surface area (Å²) in [5.74, 6) is -0.990. The Balaban J connectivity index is 2.16. The molecule has 0 bridgehead atoms. The lowest BCUT2D eigenvalue weighted by Gasteiger charge is -2.26. The highest BCUT2D eigenvalue weighted by Crippen LogP contribution is 2.25. The third-order valence-electron chi connectivity index (χ3n) is 4.41. The minimum atomic E-state index is -3.59. The molecule has 2 rings (SSSR count). The fourth-order valence-electron chi connectivity index (χ4n) is 2.73. The Bertz CT molecular complexity index is 773. The summed E-state index contributed by atoms with van der Waals surface area (Å²) in [5.41, 5.74) is 1.12. The zero-order valence-corrected chi connectivity index (χ0v) is 15.9. The molecule has 2 N–H and O–H groups in total. The molecule has 26 heavy (non-hydrogen) atoms. The second kappa shape index (κ2) is 8.50. The fraction of sp³-hybridized carbons (Fsp3) is 0.529. The van der Waals surface area contributed by atoms with Gasteiger partial charge in [-0.25, -0.2) is 13.2 Å². The lowest BCUT2D eigenvalue weighted by Crippen LogP contribution is -2.36. The number of sulfonamides is 1. The molecule has 0 atom stereocenters. The van der Waals surface area contributed by atoms with Crippen LogP contribution >= 0.6 is 0 Å². The van der Waals surface area contributed by atoms with Gasteiger partial charge >= 0.3 is 12.0 Å². The Kier molecular flexibility index (Phi) is 6.60. The molecule has 8 nitrogen and oxygen atoms in total. The number of benzene rings is 1. The van der Waals surface area contributed by atoms with Gasteiger partial charge in [0.05, 0.1) is 11.3 Å². The standard InChI is InChI=1S/C17H25N3O5S/c1-13-6-7-14(26(24,25)20-9-4-3-5-10-20)12-15(13)18-17(23)19(2)11-8-16(21)22/h6-7,12H,3-5,8-11H2,1-2H3,(H,18,23)(H,21,22). The van der Waals surface area contributed by atoms with Crippen LogP contribution in [0.5, 0.6) is 0 Å². The number of aryl methyl sites for hydroxylation is 1. The van der Waals surface area contributed by atoms with E-state index in [1.807, 2.05) is 0 Å². The molecule has 0 unspecified atom stereocenters. The van der Waals surface area contributed by atoms with Crippen LogP contribution in [0, 0.1) is 6.92 Å². The molecule has 1 aromatic rings. The number of nitrogens with zero attached hydrogens (tertiary/aromatic N) is 2. The molecule has 1 fully saturated rings. The van der Waals surface area contributed by atoms with Crippen molar-refractivity contribution in [2.75, 3.05) is 32.0 Å². The number of urea groups is 1. The number of amides is 2. The second-order valence-electron chi connectivity index (χ2n) is 6.44. The van der Waals surface area contributed by atoms with Crippen molar-refractivity contribution >= 4 is 27.7 Å². The van der Waals surface area contributed by atoms with E-state index in [2.05, 4.69) is 5.32 Å². The van der Waals surface area contributed by atoms with E-state index in [-0.39, 0.29) is 17.9 Å². The molecule has 1 saturated heterocycles.